The highest BCUT2D eigenvalue weighted by atomic mass is 16.6. The summed E-state index contributed by atoms with van der Waals surface area (Å²) in [6.45, 7) is 7.35. The summed E-state index contributed by atoms with van der Waals surface area (Å²) >= 11 is 0. The standard InChI is InChI=1S/C15H30O8/c1-15(16)23-14-13-22-12-11-21-10-9-20-8-7-19-6-5-18-4-3-17-2/h3-14H2,1-2H3. The molecule has 0 bridgehead atoms. The average molecular weight is 338 g/mol. The van der Waals surface area contributed by atoms with Gasteiger partial charge in [-0.25, -0.2) is 0 Å². The van der Waals surface area contributed by atoms with E-state index in [0.717, 1.165) is 0 Å². The van der Waals surface area contributed by atoms with Gasteiger partial charge in [0.05, 0.1) is 72.7 Å². The van der Waals surface area contributed by atoms with Gasteiger partial charge in [-0.15, -0.1) is 0 Å². The lowest BCUT2D eigenvalue weighted by atomic mass is 10.7. The Balaban J connectivity index is 2.96. The van der Waals surface area contributed by atoms with E-state index in [1.54, 1.807) is 7.11 Å². The van der Waals surface area contributed by atoms with E-state index >= 15 is 0 Å². The first-order valence-corrected chi connectivity index (χ1v) is 7.78. The van der Waals surface area contributed by atoms with Crippen LogP contribution in [0.15, 0.2) is 0 Å². The smallest absolute Gasteiger partial charge is 0.302 e. The van der Waals surface area contributed by atoms with Crippen LogP contribution in [0, 0.1) is 0 Å². The van der Waals surface area contributed by atoms with Crippen LogP contribution >= 0.6 is 0 Å². The van der Waals surface area contributed by atoms with Crippen molar-refractivity contribution in [1.29, 1.82) is 0 Å². The normalized spacial score (nSPS) is 10.9. The molecule has 0 aromatic rings. The molecule has 0 amide bonds. The summed E-state index contributed by atoms with van der Waals surface area (Å²) in [4.78, 5) is 10.5. The molecule has 0 radical (unpaired) electrons. The van der Waals surface area contributed by atoms with E-state index in [4.69, 9.17) is 33.2 Å². The van der Waals surface area contributed by atoms with Crippen molar-refractivity contribution in [2.24, 2.45) is 0 Å². The molecular weight excluding hydrogens is 308 g/mol. The Labute approximate surface area is 138 Å². The highest BCUT2D eigenvalue weighted by Crippen LogP contribution is 1.84. The topological polar surface area (TPSA) is 81.7 Å². The first-order valence-electron chi connectivity index (χ1n) is 7.78. The highest BCUT2D eigenvalue weighted by molar-refractivity contribution is 5.65. The fourth-order valence-electron chi connectivity index (χ4n) is 1.37. The number of methoxy groups -OCH3 is 1. The lowest BCUT2D eigenvalue weighted by Gasteiger charge is -2.08. The molecule has 0 N–H and O–H groups in total. The van der Waals surface area contributed by atoms with Crippen molar-refractivity contribution in [1.82, 2.24) is 0 Å². The Morgan fingerprint density at radius 1 is 0.565 bits per heavy atom. The summed E-state index contributed by atoms with van der Waals surface area (Å²) in [6.07, 6.45) is 0. The van der Waals surface area contributed by atoms with E-state index in [9.17, 15) is 4.79 Å². The van der Waals surface area contributed by atoms with E-state index < -0.39 is 0 Å². The van der Waals surface area contributed by atoms with E-state index in [2.05, 4.69) is 0 Å². The zero-order chi connectivity index (χ0) is 17.0. The van der Waals surface area contributed by atoms with E-state index in [1.165, 1.54) is 6.92 Å². The molecule has 0 aliphatic heterocycles. The van der Waals surface area contributed by atoms with Gasteiger partial charge in [0, 0.05) is 14.0 Å². The van der Waals surface area contributed by atoms with Gasteiger partial charge in [-0.3, -0.25) is 4.79 Å². The molecular formula is C15H30O8. The Bertz CT molecular complexity index is 250. The van der Waals surface area contributed by atoms with Gasteiger partial charge in [-0.2, -0.15) is 0 Å². The van der Waals surface area contributed by atoms with Crippen LogP contribution in [0.3, 0.4) is 0 Å². The fourth-order valence-corrected chi connectivity index (χ4v) is 1.37. The van der Waals surface area contributed by atoms with Crippen LogP contribution in [0.5, 0.6) is 0 Å². The molecule has 0 unspecified atom stereocenters. The SMILES string of the molecule is COCCOCCOCCOCCOCCOCCOC(C)=O. The first-order chi connectivity index (χ1) is 11.3. The van der Waals surface area contributed by atoms with Crippen LogP contribution in [0.4, 0.5) is 0 Å². The predicted octanol–water partition coefficient (Wildman–Crippen LogP) is 0.279. The second-order valence-electron chi connectivity index (χ2n) is 4.39. The summed E-state index contributed by atoms with van der Waals surface area (Å²) in [5.74, 6) is -0.301. The third-order valence-corrected chi connectivity index (χ3v) is 2.45. The maximum atomic E-state index is 10.5. The molecule has 0 heterocycles. The van der Waals surface area contributed by atoms with Gasteiger partial charge in [0.15, 0.2) is 0 Å². The van der Waals surface area contributed by atoms with Crippen LogP contribution < -0.4 is 0 Å². The van der Waals surface area contributed by atoms with E-state index in [1.807, 2.05) is 0 Å². The summed E-state index contributed by atoms with van der Waals surface area (Å²) in [7, 11) is 1.64. The Hall–Kier alpha value is -0.770. The molecule has 0 rings (SSSR count). The summed E-state index contributed by atoms with van der Waals surface area (Å²) in [5, 5.41) is 0. The molecule has 0 aliphatic carbocycles. The molecule has 0 fully saturated rings. The van der Waals surface area contributed by atoms with Crippen LogP contribution in [-0.2, 0) is 38.0 Å². The van der Waals surface area contributed by atoms with Crippen LogP contribution in [0.25, 0.3) is 0 Å². The fraction of sp³-hybridized carbons (Fsp3) is 0.933. The van der Waals surface area contributed by atoms with E-state index in [-0.39, 0.29) is 12.6 Å². The van der Waals surface area contributed by atoms with Gasteiger partial charge in [0.2, 0.25) is 0 Å². The van der Waals surface area contributed by atoms with Crippen LogP contribution in [0.1, 0.15) is 6.92 Å². The van der Waals surface area contributed by atoms with Crippen molar-refractivity contribution in [3.05, 3.63) is 0 Å². The molecule has 8 heteroatoms. The Kier molecular flexibility index (Phi) is 18.6. The van der Waals surface area contributed by atoms with Gasteiger partial charge in [0.25, 0.3) is 0 Å². The molecule has 0 aliphatic rings. The third-order valence-electron chi connectivity index (χ3n) is 2.45. The highest BCUT2D eigenvalue weighted by Gasteiger charge is 1.95. The van der Waals surface area contributed by atoms with Crippen molar-refractivity contribution in [3.63, 3.8) is 0 Å². The number of carbonyl (C=O) groups is 1. The first kappa shape index (κ1) is 22.2. The van der Waals surface area contributed by atoms with Crippen LogP contribution in [-0.4, -0.2) is 92.4 Å². The molecule has 0 aromatic carbocycles. The van der Waals surface area contributed by atoms with Gasteiger partial charge in [-0.1, -0.05) is 0 Å². The number of hydrogen-bond donors (Lipinski definition) is 0. The monoisotopic (exact) mass is 338 g/mol. The summed E-state index contributed by atoms with van der Waals surface area (Å²) in [5.41, 5.74) is 0. The molecule has 0 atom stereocenters. The van der Waals surface area contributed by atoms with Crippen LogP contribution in [0.2, 0.25) is 0 Å². The average Bonchev–Trinajstić information content (AvgIpc) is 2.53. The van der Waals surface area contributed by atoms with Gasteiger partial charge in [0.1, 0.15) is 6.61 Å². The summed E-state index contributed by atoms with van der Waals surface area (Å²) in [6, 6.07) is 0. The minimum atomic E-state index is -0.301. The Morgan fingerprint density at radius 3 is 1.17 bits per heavy atom. The van der Waals surface area contributed by atoms with Gasteiger partial charge >= 0.3 is 5.97 Å². The maximum absolute atomic E-state index is 10.5. The molecule has 23 heavy (non-hydrogen) atoms. The van der Waals surface area contributed by atoms with Crippen molar-refractivity contribution in [2.45, 2.75) is 6.92 Å². The molecule has 0 aromatic heterocycles. The third kappa shape index (κ3) is 21.2. The predicted molar refractivity (Wildman–Crippen MR) is 82.6 cm³/mol. The number of esters is 1. The number of carbonyl (C=O) groups excluding carboxylic acids is 1. The largest absolute Gasteiger partial charge is 0.463 e. The quantitative estimate of drug-likeness (QED) is 0.260. The molecule has 0 saturated heterocycles. The number of rotatable bonds is 18. The van der Waals surface area contributed by atoms with Crippen molar-refractivity contribution < 1.29 is 38.0 Å². The zero-order valence-electron chi connectivity index (χ0n) is 14.3. The van der Waals surface area contributed by atoms with E-state index in [0.29, 0.717) is 72.7 Å². The molecule has 8 nitrogen and oxygen atoms in total. The van der Waals surface area contributed by atoms with Crippen molar-refractivity contribution >= 4 is 5.97 Å². The zero-order valence-corrected chi connectivity index (χ0v) is 14.3. The lowest BCUT2D eigenvalue weighted by Crippen LogP contribution is -2.14. The second kappa shape index (κ2) is 19.3. The Morgan fingerprint density at radius 2 is 0.870 bits per heavy atom. The molecule has 0 spiro atoms. The second-order valence-corrected chi connectivity index (χ2v) is 4.39. The minimum Gasteiger partial charge on any atom is -0.463 e. The van der Waals surface area contributed by atoms with Crippen molar-refractivity contribution in [2.75, 3.05) is 86.4 Å². The number of hydrogen-bond acceptors (Lipinski definition) is 8. The molecule has 0 saturated carbocycles. The lowest BCUT2D eigenvalue weighted by molar-refractivity contribution is -0.142. The minimum absolute atomic E-state index is 0.274. The van der Waals surface area contributed by atoms with Gasteiger partial charge < -0.3 is 33.2 Å². The molecule has 138 valence electrons. The van der Waals surface area contributed by atoms with Gasteiger partial charge in [-0.05, 0) is 0 Å². The van der Waals surface area contributed by atoms with Crippen molar-refractivity contribution in [3.8, 4) is 0 Å². The maximum Gasteiger partial charge on any atom is 0.302 e. The summed E-state index contributed by atoms with van der Waals surface area (Å²) < 4.78 is 36.0. The number of ether oxygens (including phenoxy) is 7.